The van der Waals surface area contributed by atoms with E-state index in [4.69, 9.17) is 9.47 Å². The standard InChI is InChI=1S/C7H12O2/c1-6-4-3-5-7(8-2)9-6/h4,7H,3,5H2,1-2H3. The van der Waals surface area contributed by atoms with Crippen LogP contribution in [0.1, 0.15) is 19.8 Å². The first-order valence-corrected chi connectivity index (χ1v) is 3.19. The number of ether oxygens (including phenoxy) is 2. The highest BCUT2D eigenvalue weighted by atomic mass is 16.7. The molecule has 0 fully saturated rings. The maximum absolute atomic E-state index is 5.27. The second-order valence-electron chi connectivity index (χ2n) is 2.18. The Morgan fingerprint density at radius 1 is 1.78 bits per heavy atom. The summed E-state index contributed by atoms with van der Waals surface area (Å²) in [4.78, 5) is 0. The zero-order chi connectivity index (χ0) is 6.69. The average Bonchev–Trinajstić information content (AvgIpc) is 1.88. The van der Waals surface area contributed by atoms with E-state index >= 15 is 0 Å². The van der Waals surface area contributed by atoms with E-state index in [2.05, 4.69) is 6.08 Å². The quantitative estimate of drug-likeness (QED) is 0.534. The number of methoxy groups -OCH3 is 1. The Balaban J connectivity index is 2.39. The summed E-state index contributed by atoms with van der Waals surface area (Å²) >= 11 is 0. The number of hydrogen-bond donors (Lipinski definition) is 0. The Bertz CT molecular complexity index is 118. The van der Waals surface area contributed by atoms with Crippen LogP contribution in [0, 0.1) is 0 Å². The molecule has 52 valence electrons. The van der Waals surface area contributed by atoms with E-state index in [0.29, 0.717) is 0 Å². The molecule has 0 aromatic heterocycles. The van der Waals surface area contributed by atoms with Crippen LogP contribution < -0.4 is 0 Å². The SMILES string of the molecule is COC1CCC=C(C)O1. The van der Waals surface area contributed by atoms with Crippen LogP contribution in [0.3, 0.4) is 0 Å². The molecule has 1 aliphatic heterocycles. The molecule has 0 radical (unpaired) electrons. The van der Waals surface area contributed by atoms with Crippen LogP contribution in [-0.2, 0) is 9.47 Å². The summed E-state index contributed by atoms with van der Waals surface area (Å²) in [7, 11) is 1.67. The Morgan fingerprint density at radius 3 is 3.00 bits per heavy atom. The third-order valence-electron chi connectivity index (χ3n) is 1.41. The lowest BCUT2D eigenvalue weighted by Gasteiger charge is -2.20. The maximum Gasteiger partial charge on any atom is 0.199 e. The summed E-state index contributed by atoms with van der Waals surface area (Å²) in [5, 5.41) is 0. The monoisotopic (exact) mass is 128 g/mol. The molecule has 1 unspecified atom stereocenters. The first-order chi connectivity index (χ1) is 4.33. The van der Waals surface area contributed by atoms with Crippen LogP contribution in [0.15, 0.2) is 11.8 Å². The molecule has 0 spiro atoms. The minimum Gasteiger partial charge on any atom is -0.470 e. The molecule has 0 bridgehead atoms. The highest BCUT2D eigenvalue weighted by molar-refractivity contribution is 4.92. The van der Waals surface area contributed by atoms with Crippen LogP contribution in [-0.4, -0.2) is 13.4 Å². The average molecular weight is 128 g/mol. The Labute approximate surface area is 55.5 Å². The summed E-state index contributed by atoms with van der Waals surface area (Å²) < 4.78 is 10.3. The Kier molecular flexibility index (Phi) is 2.11. The molecule has 1 aliphatic rings. The molecule has 0 amide bonds. The van der Waals surface area contributed by atoms with Crippen LogP contribution in [0.4, 0.5) is 0 Å². The van der Waals surface area contributed by atoms with Crippen LogP contribution in [0.5, 0.6) is 0 Å². The van der Waals surface area contributed by atoms with Crippen molar-refractivity contribution in [3.63, 3.8) is 0 Å². The molecule has 0 saturated heterocycles. The maximum atomic E-state index is 5.27. The summed E-state index contributed by atoms with van der Waals surface area (Å²) in [6, 6.07) is 0. The Morgan fingerprint density at radius 2 is 2.56 bits per heavy atom. The fraction of sp³-hybridized carbons (Fsp3) is 0.714. The summed E-state index contributed by atoms with van der Waals surface area (Å²) in [6.45, 7) is 1.95. The molecule has 0 saturated carbocycles. The van der Waals surface area contributed by atoms with Gasteiger partial charge in [-0.3, -0.25) is 0 Å². The van der Waals surface area contributed by atoms with Crippen molar-refractivity contribution >= 4 is 0 Å². The van der Waals surface area contributed by atoms with E-state index in [1.54, 1.807) is 7.11 Å². The molecule has 2 nitrogen and oxygen atoms in total. The van der Waals surface area contributed by atoms with Gasteiger partial charge < -0.3 is 9.47 Å². The van der Waals surface area contributed by atoms with E-state index < -0.39 is 0 Å². The van der Waals surface area contributed by atoms with E-state index in [-0.39, 0.29) is 6.29 Å². The fourth-order valence-corrected chi connectivity index (χ4v) is 0.903. The lowest BCUT2D eigenvalue weighted by atomic mass is 10.2. The van der Waals surface area contributed by atoms with Crippen molar-refractivity contribution in [1.82, 2.24) is 0 Å². The van der Waals surface area contributed by atoms with Crippen LogP contribution >= 0.6 is 0 Å². The van der Waals surface area contributed by atoms with Crippen molar-refractivity contribution in [2.24, 2.45) is 0 Å². The van der Waals surface area contributed by atoms with Gasteiger partial charge in [0.25, 0.3) is 0 Å². The zero-order valence-corrected chi connectivity index (χ0v) is 5.89. The van der Waals surface area contributed by atoms with E-state index in [0.717, 1.165) is 18.6 Å². The molecule has 0 aliphatic carbocycles. The molecular weight excluding hydrogens is 116 g/mol. The van der Waals surface area contributed by atoms with Crippen LogP contribution in [0.2, 0.25) is 0 Å². The molecule has 2 heteroatoms. The smallest absolute Gasteiger partial charge is 0.199 e. The van der Waals surface area contributed by atoms with E-state index in [1.165, 1.54) is 0 Å². The van der Waals surface area contributed by atoms with Crippen molar-refractivity contribution < 1.29 is 9.47 Å². The van der Waals surface area contributed by atoms with Gasteiger partial charge in [0.15, 0.2) is 6.29 Å². The second-order valence-corrected chi connectivity index (χ2v) is 2.18. The van der Waals surface area contributed by atoms with Crippen molar-refractivity contribution in [3.8, 4) is 0 Å². The molecule has 0 aromatic rings. The van der Waals surface area contributed by atoms with Gasteiger partial charge >= 0.3 is 0 Å². The predicted octanol–water partition coefficient (Wildman–Crippen LogP) is 1.67. The fourth-order valence-electron chi connectivity index (χ4n) is 0.903. The first-order valence-electron chi connectivity index (χ1n) is 3.19. The lowest BCUT2D eigenvalue weighted by Crippen LogP contribution is -2.16. The lowest BCUT2D eigenvalue weighted by molar-refractivity contribution is -0.104. The van der Waals surface area contributed by atoms with Gasteiger partial charge in [0.05, 0.1) is 5.76 Å². The van der Waals surface area contributed by atoms with Crippen molar-refractivity contribution in [3.05, 3.63) is 11.8 Å². The van der Waals surface area contributed by atoms with Gasteiger partial charge in [-0.25, -0.2) is 0 Å². The molecule has 1 rings (SSSR count). The summed E-state index contributed by atoms with van der Waals surface area (Å²) in [5.74, 6) is 0.980. The normalized spacial score (nSPS) is 26.9. The van der Waals surface area contributed by atoms with Gasteiger partial charge in [-0.05, 0) is 19.4 Å². The topological polar surface area (TPSA) is 18.5 Å². The van der Waals surface area contributed by atoms with Gasteiger partial charge in [0.1, 0.15) is 0 Å². The summed E-state index contributed by atoms with van der Waals surface area (Å²) in [6.07, 6.45) is 4.13. The van der Waals surface area contributed by atoms with Crippen molar-refractivity contribution in [1.29, 1.82) is 0 Å². The molecule has 0 aromatic carbocycles. The third-order valence-corrected chi connectivity index (χ3v) is 1.41. The highest BCUT2D eigenvalue weighted by Gasteiger charge is 2.11. The molecule has 9 heavy (non-hydrogen) atoms. The number of allylic oxidation sites excluding steroid dienone is 2. The molecule has 1 atom stereocenters. The first kappa shape index (κ1) is 6.62. The van der Waals surface area contributed by atoms with Crippen molar-refractivity contribution in [2.75, 3.05) is 7.11 Å². The van der Waals surface area contributed by atoms with Crippen LogP contribution in [0.25, 0.3) is 0 Å². The number of rotatable bonds is 1. The predicted molar refractivity (Wildman–Crippen MR) is 34.9 cm³/mol. The minimum atomic E-state index is -0.00463. The third kappa shape index (κ3) is 1.72. The highest BCUT2D eigenvalue weighted by Crippen LogP contribution is 2.15. The number of hydrogen-bond acceptors (Lipinski definition) is 2. The largest absolute Gasteiger partial charge is 0.470 e. The molecule has 0 N–H and O–H groups in total. The van der Waals surface area contributed by atoms with Gasteiger partial charge in [-0.1, -0.05) is 0 Å². The van der Waals surface area contributed by atoms with Gasteiger partial charge in [-0.15, -0.1) is 0 Å². The van der Waals surface area contributed by atoms with E-state index in [9.17, 15) is 0 Å². The van der Waals surface area contributed by atoms with E-state index in [1.807, 2.05) is 6.92 Å². The van der Waals surface area contributed by atoms with Gasteiger partial charge in [-0.2, -0.15) is 0 Å². The van der Waals surface area contributed by atoms with Crippen molar-refractivity contribution in [2.45, 2.75) is 26.1 Å². The molecule has 1 heterocycles. The second kappa shape index (κ2) is 2.87. The summed E-state index contributed by atoms with van der Waals surface area (Å²) in [5.41, 5.74) is 0. The zero-order valence-electron chi connectivity index (χ0n) is 5.89. The molecular formula is C7H12O2. The van der Waals surface area contributed by atoms with Gasteiger partial charge in [0, 0.05) is 13.5 Å². The minimum absolute atomic E-state index is 0.00463. The Hall–Kier alpha value is -0.500. The van der Waals surface area contributed by atoms with Gasteiger partial charge in [0.2, 0.25) is 0 Å².